The molecule has 2 fully saturated rings. The molecule has 0 aromatic heterocycles. The minimum absolute atomic E-state index is 0.195. The van der Waals surface area contributed by atoms with E-state index >= 15 is 0 Å². The largest absolute Gasteiger partial charge is 0.481 e. The lowest BCUT2D eigenvalue weighted by atomic mass is 10.1. The van der Waals surface area contributed by atoms with Crippen LogP contribution in [0.15, 0.2) is 0 Å². The summed E-state index contributed by atoms with van der Waals surface area (Å²) in [7, 11) is 2.11. The van der Waals surface area contributed by atoms with Gasteiger partial charge in [-0.3, -0.25) is 9.69 Å². The highest BCUT2D eigenvalue weighted by Crippen LogP contribution is 2.28. The fourth-order valence-electron chi connectivity index (χ4n) is 3.70. The highest BCUT2D eigenvalue weighted by molar-refractivity contribution is 5.67. The normalized spacial score (nSPS) is 32.6. The van der Waals surface area contributed by atoms with Crippen LogP contribution in [0.1, 0.15) is 39.0 Å². The molecule has 1 saturated heterocycles. The molecule has 0 aromatic rings. The van der Waals surface area contributed by atoms with Gasteiger partial charge in [0.25, 0.3) is 0 Å². The second-order valence-electron chi connectivity index (χ2n) is 6.21. The maximum Gasteiger partial charge on any atom is 0.304 e. The van der Waals surface area contributed by atoms with Crippen LogP contribution < -0.4 is 0 Å². The van der Waals surface area contributed by atoms with E-state index in [-0.39, 0.29) is 12.5 Å². The van der Waals surface area contributed by atoms with Crippen LogP contribution in [-0.4, -0.2) is 59.6 Å². The SMILES string of the molecule is CC1CN(C)CC(CC(=O)O)N(C2CCCC2)C1. The summed E-state index contributed by atoms with van der Waals surface area (Å²) in [6.45, 7) is 5.32. The molecule has 0 amide bonds. The second-order valence-corrected chi connectivity index (χ2v) is 6.21. The highest BCUT2D eigenvalue weighted by atomic mass is 16.4. The zero-order valence-electron chi connectivity index (χ0n) is 11.6. The van der Waals surface area contributed by atoms with E-state index in [1.807, 2.05) is 0 Å². The molecule has 2 aliphatic rings. The Hall–Kier alpha value is -0.610. The summed E-state index contributed by atoms with van der Waals surface area (Å²) in [5.41, 5.74) is 0. The number of carboxylic acids is 1. The van der Waals surface area contributed by atoms with Gasteiger partial charge in [0.05, 0.1) is 6.42 Å². The maximum atomic E-state index is 11.1. The second kappa shape index (κ2) is 6.02. The molecule has 4 nitrogen and oxygen atoms in total. The van der Waals surface area contributed by atoms with E-state index in [2.05, 4.69) is 23.8 Å². The molecule has 1 saturated carbocycles. The van der Waals surface area contributed by atoms with E-state index in [9.17, 15) is 4.79 Å². The standard InChI is InChI=1S/C14H26N2O2/c1-11-8-15(2)10-13(7-14(17)18)16(9-11)12-5-3-4-6-12/h11-13H,3-10H2,1-2H3,(H,17,18). The van der Waals surface area contributed by atoms with Crippen LogP contribution in [0, 0.1) is 5.92 Å². The van der Waals surface area contributed by atoms with Crippen molar-refractivity contribution in [2.45, 2.75) is 51.1 Å². The molecule has 0 radical (unpaired) electrons. The quantitative estimate of drug-likeness (QED) is 0.832. The van der Waals surface area contributed by atoms with Crippen molar-refractivity contribution in [1.29, 1.82) is 0 Å². The van der Waals surface area contributed by atoms with Gasteiger partial charge in [-0.15, -0.1) is 0 Å². The number of aliphatic carboxylic acids is 1. The van der Waals surface area contributed by atoms with Crippen LogP contribution in [0.3, 0.4) is 0 Å². The Morgan fingerprint density at radius 3 is 2.50 bits per heavy atom. The third-order valence-corrected chi connectivity index (χ3v) is 4.34. The fraction of sp³-hybridized carbons (Fsp3) is 0.929. The van der Waals surface area contributed by atoms with Gasteiger partial charge < -0.3 is 10.0 Å². The zero-order valence-corrected chi connectivity index (χ0v) is 11.6. The molecule has 0 bridgehead atoms. The van der Waals surface area contributed by atoms with Crippen LogP contribution >= 0.6 is 0 Å². The van der Waals surface area contributed by atoms with Crippen molar-refractivity contribution in [2.24, 2.45) is 5.92 Å². The van der Waals surface area contributed by atoms with Gasteiger partial charge in [0.1, 0.15) is 0 Å². The van der Waals surface area contributed by atoms with E-state index in [4.69, 9.17) is 5.11 Å². The molecule has 104 valence electrons. The van der Waals surface area contributed by atoms with Crippen LogP contribution in [0.25, 0.3) is 0 Å². The van der Waals surface area contributed by atoms with Gasteiger partial charge in [0, 0.05) is 31.7 Å². The lowest BCUT2D eigenvalue weighted by Gasteiger charge is -2.35. The first kappa shape index (κ1) is 13.8. The molecule has 0 aromatic carbocycles. The summed E-state index contributed by atoms with van der Waals surface area (Å²) >= 11 is 0. The molecule has 1 heterocycles. The lowest BCUT2D eigenvalue weighted by molar-refractivity contribution is -0.138. The molecular formula is C14H26N2O2. The van der Waals surface area contributed by atoms with E-state index < -0.39 is 5.97 Å². The third-order valence-electron chi connectivity index (χ3n) is 4.34. The van der Waals surface area contributed by atoms with Gasteiger partial charge >= 0.3 is 5.97 Å². The molecule has 2 unspecified atom stereocenters. The van der Waals surface area contributed by atoms with E-state index in [0.29, 0.717) is 12.0 Å². The van der Waals surface area contributed by atoms with Gasteiger partial charge in [-0.25, -0.2) is 0 Å². The van der Waals surface area contributed by atoms with Crippen molar-refractivity contribution in [1.82, 2.24) is 9.80 Å². The van der Waals surface area contributed by atoms with Crippen molar-refractivity contribution >= 4 is 5.97 Å². The Kier molecular flexibility index (Phi) is 4.62. The lowest BCUT2D eigenvalue weighted by Crippen LogP contribution is -2.46. The van der Waals surface area contributed by atoms with Gasteiger partial charge in [0.15, 0.2) is 0 Å². The smallest absolute Gasteiger partial charge is 0.304 e. The highest BCUT2D eigenvalue weighted by Gasteiger charge is 2.33. The first-order valence-corrected chi connectivity index (χ1v) is 7.22. The van der Waals surface area contributed by atoms with Gasteiger partial charge in [0.2, 0.25) is 0 Å². The van der Waals surface area contributed by atoms with E-state index in [1.165, 1.54) is 25.7 Å². The Labute approximate surface area is 110 Å². The monoisotopic (exact) mass is 254 g/mol. The molecule has 4 heteroatoms. The van der Waals surface area contributed by atoms with E-state index in [1.54, 1.807) is 0 Å². The molecule has 0 spiro atoms. The van der Waals surface area contributed by atoms with E-state index in [0.717, 1.165) is 19.6 Å². The van der Waals surface area contributed by atoms with Crippen molar-refractivity contribution in [3.63, 3.8) is 0 Å². The molecule has 1 N–H and O–H groups in total. The molecule has 1 aliphatic heterocycles. The van der Waals surface area contributed by atoms with Crippen molar-refractivity contribution in [2.75, 3.05) is 26.7 Å². The number of carboxylic acid groups (broad SMARTS) is 1. The van der Waals surface area contributed by atoms with Crippen LogP contribution in [0.2, 0.25) is 0 Å². The maximum absolute atomic E-state index is 11.1. The van der Waals surface area contributed by atoms with Gasteiger partial charge in [-0.2, -0.15) is 0 Å². The summed E-state index contributed by atoms with van der Waals surface area (Å²) in [6, 6.07) is 0.823. The Bertz CT molecular complexity index is 290. The van der Waals surface area contributed by atoms with Gasteiger partial charge in [-0.1, -0.05) is 19.8 Å². The number of carbonyl (C=O) groups is 1. The summed E-state index contributed by atoms with van der Waals surface area (Å²) < 4.78 is 0. The summed E-state index contributed by atoms with van der Waals surface area (Å²) in [4.78, 5) is 15.9. The Balaban J connectivity index is 2.10. The number of hydrogen-bond acceptors (Lipinski definition) is 3. The average molecular weight is 254 g/mol. The first-order chi connectivity index (χ1) is 8.56. The fourth-order valence-corrected chi connectivity index (χ4v) is 3.70. The number of likely N-dealkylation sites (N-methyl/N-ethyl adjacent to an activating group) is 1. The Morgan fingerprint density at radius 1 is 1.22 bits per heavy atom. The Morgan fingerprint density at radius 2 is 1.89 bits per heavy atom. The summed E-state index contributed by atoms with van der Waals surface area (Å²) in [5, 5.41) is 9.13. The molecule has 2 rings (SSSR count). The number of hydrogen-bond donors (Lipinski definition) is 1. The van der Waals surface area contributed by atoms with Crippen molar-refractivity contribution < 1.29 is 9.90 Å². The average Bonchev–Trinajstić information content (AvgIpc) is 2.73. The van der Waals surface area contributed by atoms with Crippen LogP contribution in [0.5, 0.6) is 0 Å². The topological polar surface area (TPSA) is 43.8 Å². The summed E-state index contributed by atoms with van der Waals surface area (Å²) in [5.74, 6) is -0.0275. The zero-order chi connectivity index (χ0) is 13.1. The van der Waals surface area contributed by atoms with Crippen LogP contribution in [-0.2, 0) is 4.79 Å². The minimum atomic E-state index is -0.661. The number of nitrogens with zero attached hydrogens (tertiary/aromatic N) is 2. The molecule has 18 heavy (non-hydrogen) atoms. The molecule has 1 aliphatic carbocycles. The number of rotatable bonds is 3. The van der Waals surface area contributed by atoms with Crippen molar-refractivity contribution in [3.8, 4) is 0 Å². The molecule has 2 atom stereocenters. The molecular weight excluding hydrogens is 228 g/mol. The predicted molar refractivity (Wildman–Crippen MR) is 71.7 cm³/mol. The van der Waals surface area contributed by atoms with Crippen LogP contribution in [0.4, 0.5) is 0 Å². The summed E-state index contributed by atoms with van der Waals surface area (Å²) in [6.07, 6.45) is 5.42. The first-order valence-electron chi connectivity index (χ1n) is 7.22. The van der Waals surface area contributed by atoms with Crippen molar-refractivity contribution in [3.05, 3.63) is 0 Å². The van der Waals surface area contributed by atoms with Gasteiger partial charge in [-0.05, 0) is 25.8 Å². The predicted octanol–water partition coefficient (Wildman–Crippen LogP) is 1.66. The third kappa shape index (κ3) is 3.45. The minimum Gasteiger partial charge on any atom is -0.481 e.